The molecule has 0 aliphatic rings. The topological polar surface area (TPSA) is 42.9 Å². The lowest BCUT2D eigenvalue weighted by Gasteiger charge is -2.37. The maximum atomic E-state index is 12.7. The molecular weight excluding hydrogens is 333 g/mol. The second-order valence-corrected chi connectivity index (χ2v) is 12.3. The zero-order valence-electron chi connectivity index (χ0n) is 14.8. The third-order valence-electron chi connectivity index (χ3n) is 4.45. The predicted octanol–water partition coefficient (Wildman–Crippen LogP) is 4.90. The van der Waals surface area contributed by atoms with E-state index in [-0.39, 0.29) is 5.69 Å². The van der Waals surface area contributed by atoms with Gasteiger partial charge in [0, 0.05) is 0 Å². The fourth-order valence-corrected chi connectivity index (χ4v) is 8.49. The quantitative estimate of drug-likeness (QED) is 0.438. The molecule has 0 amide bonds. The lowest BCUT2D eigenvalue weighted by atomic mass is 10.2. The smallest absolute Gasteiger partial charge is 0.277 e. The molecular formula is C17H23F3N2OSi. The fraction of sp³-hybridized carbons (Fsp3) is 0.588. The van der Waals surface area contributed by atoms with E-state index in [1.54, 1.807) is 0 Å². The van der Waals surface area contributed by atoms with Gasteiger partial charge in [-0.1, -0.05) is 41.5 Å². The summed E-state index contributed by atoms with van der Waals surface area (Å²) >= 11 is 0. The van der Waals surface area contributed by atoms with Crippen LogP contribution in [0.3, 0.4) is 0 Å². The van der Waals surface area contributed by atoms with Gasteiger partial charge in [-0.2, -0.15) is 13.2 Å². The highest BCUT2D eigenvalue weighted by Gasteiger charge is 2.42. The van der Waals surface area contributed by atoms with Crippen LogP contribution in [0, 0.1) is 11.5 Å². The number of carbonyl (C=O) groups is 1. The van der Waals surface area contributed by atoms with Gasteiger partial charge in [0.25, 0.3) is 5.78 Å². The average molecular weight is 356 g/mol. The number of ketones is 1. The van der Waals surface area contributed by atoms with Crippen LogP contribution in [0.25, 0.3) is 0 Å². The van der Waals surface area contributed by atoms with Crippen molar-refractivity contribution in [2.45, 2.75) is 64.3 Å². The second kappa shape index (κ2) is 7.47. The van der Waals surface area contributed by atoms with Gasteiger partial charge in [0.2, 0.25) is 0 Å². The highest BCUT2D eigenvalue weighted by atomic mass is 28.3. The summed E-state index contributed by atoms with van der Waals surface area (Å²) in [6.45, 7) is 12.6. The Bertz CT molecular complexity index is 636. The van der Waals surface area contributed by atoms with Crippen molar-refractivity contribution in [2.75, 3.05) is 0 Å². The Kier molecular flexibility index (Phi) is 6.34. The van der Waals surface area contributed by atoms with Crippen LogP contribution in [0.4, 0.5) is 13.2 Å². The molecule has 3 nitrogen and oxygen atoms in total. The van der Waals surface area contributed by atoms with Crippen LogP contribution in [0.2, 0.25) is 16.6 Å². The Morgan fingerprint density at radius 1 is 1.04 bits per heavy atom. The number of alkyl halides is 3. The number of hydrogen-bond donors (Lipinski definition) is 0. The average Bonchev–Trinajstić information content (AvgIpc) is 2.45. The molecule has 0 spiro atoms. The van der Waals surface area contributed by atoms with E-state index >= 15 is 0 Å². The van der Waals surface area contributed by atoms with E-state index in [0.29, 0.717) is 22.7 Å². The van der Waals surface area contributed by atoms with E-state index in [4.69, 9.17) is 0 Å². The van der Waals surface area contributed by atoms with Gasteiger partial charge in [0.05, 0.1) is 0 Å². The fourth-order valence-electron chi connectivity index (χ4n) is 3.30. The van der Waals surface area contributed by atoms with Crippen LogP contribution in [0.1, 0.15) is 57.7 Å². The number of carbonyl (C=O) groups excluding carboxylic acids is 1. The molecule has 1 heterocycles. The number of halogens is 3. The lowest BCUT2D eigenvalue weighted by molar-refractivity contribution is -0.141. The molecule has 0 unspecified atom stereocenters. The molecule has 132 valence electrons. The van der Waals surface area contributed by atoms with Crippen molar-refractivity contribution in [1.29, 1.82) is 0 Å². The first-order chi connectivity index (χ1) is 10.9. The first kappa shape index (κ1) is 20.4. The number of rotatable bonds is 4. The maximum absolute atomic E-state index is 12.7. The van der Waals surface area contributed by atoms with Gasteiger partial charge in [0.1, 0.15) is 25.8 Å². The lowest BCUT2D eigenvalue weighted by Crippen LogP contribution is -2.43. The summed E-state index contributed by atoms with van der Waals surface area (Å²) in [7, 11) is -2.12. The Labute approximate surface area is 142 Å². The van der Waals surface area contributed by atoms with Crippen molar-refractivity contribution in [2.24, 2.45) is 0 Å². The molecule has 7 heteroatoms. The summed E-state index contributed by atoms with van der Waals surface area (Å²) in [4.78, 5) is 19.0. The largest absolute Gasteiger partial charge is 0.433 e. The number of aromatic nitrogens is 2. The minimum Gasteiger partial charge on any atom is -0.277 e. The van der Waals surface area contributed by atoms with Gasteiger partial charge in [-0.15, -0.1) is 5.54 Å². The Hall–Kier alpha value is -1.68. The molecule has 0 bridgehead atoms. The highest BCUT2D eigenvalue weighted by molar-refractivity contribution is 6.90. The van der Waals surface area contributed by atoms with Crippen LogP contribution in [0.15, 0.2) is 12.4 Å². The molecule has 1 rings (SSSR count). The van der Waals surface area contributed by atoms with Crippen molar-refractivity contribution in [1.82, 2.24) is 9.97 Å². The molecule has 0 saturated heterocycles. The Balaban J connectivity index is 3.26. The summed E-state index contributed by atoms with van der Waals surface area (Å²) in [5.41, 5.74) is 2.72. The van der Waals surface area contributed by atoms with Crippen molar-refractivity contribution in [3.05, 3.63) is 23.8 Å². The van der Waals surface area contributed by atoms with Gasteiger partial charge in [-0.3, -0.25) is 4.79 Å². The van der Waals surface area contributed by atoms with Gasteiger partial charge < -0.3 is 0 Å². The molecule has 1 aromatic heterocycles. The Morgan fingerprint density at radius 3 is 1.96 bits per heavy atom. The van der Waals surface area contributed by atoms with E-state index < -0.39 is 25.7 Å². The summed E-state index contributed by atoms with van der Waals surface area (Å²) in [6, 6.07) is 0.653. The van der Waals surface area contributed by atoms with E-state index in [1.807, 2.05) is 0 Å². The molecule has 0 fully saturated rings. The maximum Gasteiger partial charge on any atom is 0.433 e. The number of Topliss-reactive ketones (excluding diaryl/α,β-unsaturated/α-hetero) is 1. The van der Waals surface area contributed by atoms with Gasteiger partial charge >= 0.3 is 6.18 Å². The standard InChI is InChI=1S/C17H23F3N2OSi/c1-11(2)24(12(3)4,13(5)6)8-7-15(23)14-9-16(17(18,19)20)22-10-21-14/h9-13H,1-6H3. The monoisotopic (exact) mass is 356 g/mol. The molecule has 0 N–H and O–H groups in total. The molecule has 1 aromatic rings. The predicted molar refractivity (Wildman–Crippen MR) is 90.2 cm³/mol. The molecule has 0 atom stereocenters. The zero-order chi connectivity index (χ0) is 18.7. The summed E-state index contributed by atoms with van der Waals surface area (Å²) in [6.07, 6.45) is -3.87. The van der Waals surface area contributed by atoms with Crippen molar-refractivity contribution in [3.8, 4) is 11.5 Å². The minimum atomic E-state index is -4.61. The zero-order valence-corrected chi connectivity index (χ0v) is 15.8. The summed E-state index contributed by atoms with van der Waals surface area (Å²) < 4.78 is 38.1. The van der Waals surface area contributed by atoms with Gasteiger partial charge in [-0.25, -0.2) is 9.97 Å². The SMILES string of the molecule is CC(C)[Si](C#CC(=O)c1cc(C(F)(F)F)ncn1)(C(C)C)C(C)C. The highest BCUT2D eigenvalue weighted by Crippen LogP contribution is 2.40. The van der Waals surface area contributed by atoms with Gasteiger partial charge in [0.15, 0.2) is 0 Å². The van der Waals surface area contributed by atoms with Crippen molar-refractivity contribution in [3.63, 3.8) is 0 Å². The normalized spacial score (nSPS) is 12.5. The van der Waals surface area contributed by atoms with E-state index in [1.165, 1.54) is 0 Å². The van der Waals surface area contributed by atoms with Crippen molar-refractivity contribution >= 4 is 13.9 Å². The van der Waals surface area contributed by atoms with E-state index in [9.17, 15) is 18.0 Å². The van der Waals surface area contributed by atoms with Crippen LogP contribution in [-0.4, -0.2) is 23.8 Å². The third-order valence-corrected chi connectivity index (χ3v) is 10.7. The number of hydrogen-bond acceptors (Lipinski definition) is 3. The van der Waals surface area contributed by atoms with Gasteiger partial charge in [-0.05, 0) is 28.6 Å². The molecule has 0 aliphatic heterocycles. The number of nitrogens with zero attached hydrogens (tertiary/aromatic N) is 2. The van der Waals surface area contributed by atoms with Crippen LogP contribution in [-0.2, 0) is 6.18 Å². The minimum absolute atomic E-state index is 0.316. The summed E-state index contributed by atoms with van der Waals surface area (Å²) in [5.74, 6) is 1.88. The molecule has 0 saturated carbocycles. The van der Waals surface area contributed by atoms with Crippen molar-refractivity contribution < 1.29 is 18.0 Å². The van der Waals surface area contributed by atoms with E-state index in [2.05, 4.69) is 63.0 Å². The Morgan fingerprint density at radius 2 is 1.54 bits per heavy atom. The molecule has 0 radical (unpaired) electrons. The molecule has 0 aliphatic carbocycles. The molecule has 24 heavy (non-hydrogen) atoms. The first-order valence-electron chi connectivity index (χ1n) is 7.89. The first-order valence-corrected chi connectivity index (χ1v) is 10.1. The molecule has 0 aromatic carbocycles. The third kappa shape index (κ3) is 4.23. The van der Waals surface area contributed by atoms with Crippen LogP contribution < -0.4 is 0 Å². The van der Waals surface area contributed by atoms with Crippen LogP contribution in [0.5, 0.6) is 0 Å². The van der Waals surface area contributed by atoms with E-state index in [0.717, 1.165) is 6.33 Å². The summed E-state index contributed by atoms with van der Waals surface area (Å²) in [5, 5.41) is 0. The second-order valence-electron chi connectivity index (χ2n) is 6.76. The van der Waals surface area contributed by atoms with Crippen LogP contribution >= 0.6 is 0 Å².